The van der Waals surface area contributed by atoms with E-state index in [0.29, 0.717) is 12.5 Å². The maximum absolute atomic E-state index is 12.0. The monoisotopic (exact) mass is 235 g/mol. The van der Waals surface area contributed by atoms with Gasteiger partial charge in [-0.25, -0.2) is 4.98 Å². The van der Waals surface area contributed by atoms with E-state index in [4.69, 9.17) is 0 Å². The fourth-order valence-corrected chi connectivity index (χ4v) is 2.16. The summed E-state index contributed by atoms with van der Waals surface area (Å²) in [6.07, 6.45) is 7.29. The van der Waals surface area contributed by atoms with Crippen molar-refractivity contribution in [3.05, 3.63) is 18.2 Å². The van der Waals surface area contributed by atoms with Crippen LogP contribution in [0.25, 0.3) is 0 Å². The van der Waals surface area contributed by atoms with E-state index in [2.05, 4.69) is 18.8 Å². The van der Waals surface area contributed by atoms with E-state index in [9.17, 15) is 4.79 Å². The highest BCUT2D eigenvalue weighted by Crippen LogP contribution is 2.12. The molecule has 0 bridgehead atoms. The topological polar surface area (TPSA) is 38.1 Å². The van der Waals surface area contributed by atoms with Crippen LogP contribution in [0.15, 0.2) is 12.5 Å². The first kappa shape index (κ1) is 12.1. The van der Waals surface area contributed by atoms with E-state index in [1.54, 1.807) is 6.33 Å². The van der Waals surface area contributed by atoms with Gasteiger partial charge in [-0.05, 0) is 25.2 Å². The Bertz CT molecular complexity index is 378. The highest BCUT2D eigenvalue weighted by Gasteiger charge is 2.16. The quantitative estimate of drug-likeness (QED) is 0.804. The second-order valence-corrected chi connectivity index (χ2v) is 5.07. The molecular weight excluding hydrogens is 214 g/mol. The number of aromatic nitrogens is 2. The zero-order chi connectivity index (χ0) is 12.3. The Labute approximate surface area is 103 Å². The fraction of sp³-hybridized carbons (Fsp3) is 0.692. The van der Waals surface area contributed by atoms with Crippen molar-refractivity contribution in [3.63, 3.8) is 0 Å². The number of carbonyl (C=O) groups is 1. The number of amides is 1. The minimum Gasteiger partial charge on any atom is -0.341 e. The third-order valence-electron chi connectivity index (χ3n) is 3.27. The Morgan fingerprint density at radius 3 is 2.65 bits per heavy atom. The van der Waals surface area contributed by atoms with E-state index in [0.717, 1.165) is 31.6 Å². The summed E-state index contributed by atoms with van der Waals surface area (Å²) in [6.45, 7) is 6.49. The van der Waals surface area contributed by atoms with Gasteiger partial charge in [-0.3, -0.25) is 4.79 Å². The molecule has 1 saturated heterocycles. The molecule has 1 aromatic heterocycles. The lowest BCUT2D eigenvalue weighted by molar-refractivity contribution is -0.132. The number of piperidine rings is 1. The number of likely N-dealkylation sites (tertiary alicyclic amines) is 1. The van der Waals surface area contributed by atoms with Gasteiger partial charge in [0.25, 0.3) is 0 Å². The molecule has 1 aliphatic heterocycles. The van der Waals surface area contributed by atoms with Crippen molar-refractivity contribution in [3.8, 4) is 0 Å². The van der Waals surface area contributed by atoms with Gasteiger partial charge < -0.3 is 9.47 Å². The van der Waals surface area contributed by atoms with E-state index in [1.165, 1.54) is 6.42 Å². The first-order chi connectivity index (χ1) is 8.16. The highest BCUT2D eigenvalue weighted by molar-refractivity contribution is 5.76. The Kier molecular flexibility index (Phi) is 3.82. The summed E-state index contributed by atoms with van der Waals surface area (Å²) in [5, 5.41) is 0. The smallest absolute Gasteiger partial charge is 0.242 e. The standard InChI is InChI=1S/C13H21N3O/c1-11(2)12-8-15(10-14-12)9-13(17)16-6-4-3-5-7-16/h8,10-11H,3-7,9H2,1-2H3. The van der Waals surface area contributed by atoms with Crippen molar-refractivity contribution in [2.45, 2.75) is 45.6 Å². The summed E-state index contributed by atoms with van der Waals surface area (Å²) in [6, 6.07) is 0. The lowest BCUT2D eigenvalue weighted by Gasteiger charge is -2.26. The number of hydrogen-bond acceptors (Lipinski definition) is 2. The van der Waals surface area contributed by atoms with E-state index in [1.807, 2.05) is 15.7 Å². The molecule has 2 heterocycles. The predicted octanol–water partition coefficient (Wildman–Crippen LogP) is 2.02. The van der Waals surface area contributed by atoms with Crippen LogP contribution in [0, 0.1) is 0 Å². The van der Waals surface area contributed by atoms with Crippen LogP contribution in [0.3, 0.4) is 0 Å². The summed E-state index contributed by atoms with van der Waals surface area (Å²) in [5.74, 6) is 0.638. The molecule has 1 aromatic rings. The van der Waals surface area contributed by atoms with Gasteiger partial charge in [0.1, 0.15) is 6.54 Å². The van der Waals surface area contributed by atoms with Crippen molar-refractivity contribution in [1.82, 2.24) is 14.5 Å². The summed E-state index contributed by atoms with van der Waals surface area (Å²) in [5.41, 5.74) is 1.05. The maximum Gasteiger partial charge on any atom is 0.242 e. The average molecular weight is 235 g/mol. The second-order valence-electron chi connectivity index (χ2n) is 5.07. The van der Waals surface area contributed by atoms with Crippen molar-refractivity contribution in [2.75, 3.05) is 13.1 Å². The molecule has 1 aliphatic rings. The van der Waals surface area contributed by atoms with Gasteiger partial charge in [0.05, 0.1) is 12.0 Å². The average Bonchev–Trinajstić information content (AvgIpc) is 2.79. The minimum atomic E-state index is 0.220. The Balaban J connectivity index is 1.92. The highest BCUT2D eigenvalue weighted by atomic mass is 16.2. The lowest BCUT2D eigenvalue weighted by Crippen LogP contribution is -2.37. The van der Waals surface area contributed by atoms with Crippen molar-refractivity contribution in [1.29, 1.82) is 0 Å². The maximum atomic E-state index is 12.0. The molecule has 0 atom stereocenters. The number of imidazole rings is 1. The summed E-state index contributed by atoms with van der Waals surface area (Å²) < 4.78 is 1.90. The largest absolute Gasteiger partial charge is 0.341 e. The second kappa shape index (κ2) is 5.34. The van der Waals surface area contributed by atoms with Crippen LogP contribution < -0.4 is 0 Å². The molecule has 0 N–H and O–H groups in total. The molecule has 94 valence electrons. The lowest BCUT2D eigenvalue weighted by atomic mass is 10.1. The van der Waals surface area contributed by atoms with Gasteiger partial charge in [-0.2, -0.15) is 0 Å². The zero-order valence-electron chi connectivity index (χ0n) is 10.7. The molecule has 1 fully saturated rings. The van der Waals surface area contributed by atoms with Crippen LogP contribution in [-0.2, 0) is 11.3 Å². The molecule has 0 spiro atoms. The Morgan fingerprint density at radius 2 is 2.06 bits per heavy atom. The van der Waals surface area contributed by atoms with Crippen LogP contribution >= 0.6 is 0 Å². The predicted molar refractivity (Wildman–Crippen MR) is 66.7 cm³/mol. The van der Waals surface area contributed by atoms with E-state index >= 15 is 0 Å². The van der Waals surface area contributed by atoms with E-state index in [-0.39, 0.29) is 5.91 Å². The van der Waals surface area contributed by atoms with Gasteiger partial charge in [0, 0.05) is 19.3 Å². The van der Waals surface area contributed by atoms with Crippen LogP contribution in [0.2, 0.25) is 0 Å². The molecule has 0 aliphatic carbocycles. The van der Waals surface area contributed by atoms with Crippen molar-refractivity contribution in [2.24, 2.45) is 0 Å². The molecular formula is C13H21N3O. The molecule has 4 nitrogen and oxygen atoms in total. The van der Waals surface area contributed by atoms with Crippen molar-refractivity contribution < 1.29 is 4.79 Å². The van der Waals surface area contributed by atoms with Crippen molar-refractivity contribution >= 4 is 5.91 Å². The van der Waals surface area contributed by atoms with Crippen LogP contribution in [-0.4, -0.2) is 33.4 Å². The number of carbonyl (C=O) groups excluding carboxylic acids is 1. The van der Waals surface area contributed by atoms with E-state index < -0.39 is 0 Å². The molecule has 4 heteroatoms. The normalized spacial score (nSPS) is 16.5. The van der Waals surface area contributed by atoms with Gasteiger partial charge in [-0.15, -0.1) is 0 Å². The fourth-order valence-electron chi connectivity index (χ4n) is 2.16. The Hall–Kier alpha value is -1.32. The van der Waals surface area contributed by atoms with Crippen LogP contribution in [0.1, 0.15) is 44.7 Å². The van der Waals surface area contributed by atoms with Crippen LogP contribution in [0.4, 0.5) is 0 Å². The third-order valence-corrected chi connectivity index (χ3v) is 3.27. The molecule has 0 radical (unpaired) electrons. The van der Waals surface area contributed by atoms with Gasteiger partial charge >= 0.3 is 0 Å². The zero-order valence-corrected chi connectivity index (χ0v) is 10.7. The molecule has 17 heavy (non-hydrogen) atoms. The third kappa shape index (κ3) is 3.08. The summed E-state index contributed by atoms with van der Waals surface area (Å²) >= 11 is 0. The number of rotatable bonds is 3. The minimum absolute atomic E-state index is 0.220. The number of nitrogens with zero attached hydrogens (tertiary/aromatic N) is 3. The van der Waals surface area contributed by atoms with Gasteiger partial charge in [-0.1, -0.05) is 13.8 Å². The SMILES string of the molecule is CC(C)c1cn(CC(=O)N2CCCCC2)cn1. The molecule has 1 amide bonds. The summed E-state index contributed by atoms with van der Waals surface area (Å²) in [7, 11) is 0. The first-order valence-corrected chi connectivity index (χ1v) is 6.46. The molecule has 0 saturated carbocycles. The van der Waals surface area contributed by atoms with Gasteiger partial charge in [0.15, 0.2) is 0 Å². The molecule has 0 aromatic carbocycles. The summed E-state index contributed by atoms with van der Waals surface area (Å²) in [4.78, 5) is 18.3. The molecule has 0 unspecified atom stereocenters. The van der Waals surface area contributed by atoms with Crippen LogP contribution in [0.5, 0.6) is 0 Å². The molecule has 2 rings (SSSR count). The first-order valence-electron chi connectivity index (χ1n) is 6.46. The number of hydrogen-bond donors (Lipinski definition) is 0. The Morgan fingerprint density at radius 1 is 1.35 bits per heavy atom. The van der Waals surface area contributed by atoms with Gasteiger partial charge in [0.2, 0.25) is 5.91 Å².